The van der Waals surface area contributed by atoms with E-state index in [0.29, 0.717) is 6.42 Å². The van der Waals surface area contributed by atoms with Gasteiger partial charge in [-0.3, -0.25) is 4.48 Å². The van der Waals surface area contributed by atoms with Crippen LogP contribution >= 0.6 is 0 Å². The first-order valence-electron chi connectivity index (χ1n) is 8.32. The Kier molecular flexibility index (Phi) is 11.0. The van der Waals surface area contributed by atoms with Crippen molar-refractivity contribution in [3.63, 3.8) is 0 Å². The number of carboxylic acid groups (broad SMARTS) is 3. The van der Waals surface area contributed by atoms with Crippen LogP contribution in [0.2, 0.25) is 0 Å². The third kappa shape index (κ3) is 11.6. The van der Waals surface area contributed by atoms with Crippen molar-refractivity contribution < 1.29 is 34.2 Å². The minimum absolute atomic E-state index is 0.264. The van der Waals surface area contributed by atoms with Gasteiger partial charge in [-0.15, -0.1) is 0 Å². The number of rotatable bonds is 15. The summed E-state index contributed by atoms with van der Waals surface area (Å²) < 4.78 is -0.435. The molecule has 0 spiro atoms. The molecule has 0 saturated heterocycles. The summed E-state index contributed by atoms with van der Waals surface area (Å²) >= 11 is 0. The molecule has 0 aromatic heterocycles. The smallest absolute Gasteiger partial charge is 0.359 e. The summed E-state index contributed by atoms with van der Waals surface area (Å²) in [5, 5.41) is 27.0. The van der Waals surface area contributed by atoms with Gasteiger partial charge < -0.3 is 15.3 Å². The molecule has 0 aromatic carbocycles. The summed E-state index contributed by atoms with van der Waals surface area (Å²) in [5.74, 6) is -3.52. The SMILES string of the molecule is CCCCCCCCCC[N+](CC(=O)O)(CC(=O)O)CC(=O)O. The number of unbranched alkanes of at least 4 members (excludes halogenated alkanes) is 7. The molecule has 0 saturated carbocycles. The van der Waals surface area contributed by atoms with Crippen molar-refractivity contribution in [1.29, 1.82) is 0 Å². The van der Waals surface area contributed by atoms with E-state index in [0.717, 1.165) is 19.3 Å². The maximum atomic E-state index is 11.0. The maximum Gasteiger partial charge on any atom is 0.359 e. The standard InChI is InChI=1S/C16H29NO6/c1-2-3-4-5-6-7-8-9-10-17(11-14(18)19,12-15(20)21)13-16(22)23/h2-13H2,1H3,(H2-,18,19,20,21,22,23)/p+1. The van der Waals surface area contributed by atoms with E-state index in [2.05, 4.69) is 6.92 Å². The Balaban J connectivity index is 4.41. The number of carbonyl (C=O) groups is 3. The molecule has 3 N–H and O–H groups in total. The van der Waals surface area contributed by atoms with Gasteiger partial charge in [0.1, 0.15) is 0 Å². The van der Waals surface area contributed by atoms with Crippen molar-refractivity contribution in [1.82, 2.24) is 0 Å². The molecule has 0 unspecified atom stereocenters. The van der Waals surface area contributed by atoms with Gasteiger partial charge in [0.25, 0.3) is 0 Å². The fraction of sp³-hybridized carbons (Fsp3) is 0.812. The molecule has 0 rings (SSSR count). The minimum atomic E-state index is -1.17. The Bertz CT molecular complexity index is 342. The van der Waals surface area contributed by atoms with Gasteiger partial charge in [0.2, 0.25) is 0 Å². The van der Waals surface area contributed by atoms with Crippen LogP contribution in [-0.4, -0.2) is 63.9 Å². The van der Waals surface area contributed by atoms with Crippen LogP contribution in [0.15, 0.2) is 0 Å². The highest BCUT2D eigenvalue weighted by Crippen LogP contribution is 2.13. The van der Waals surface area contributed by atoms with E-state index in [9.17, 15) is 14.4 Å². The van der Waals surface area contributed by atoms with Gasteiger partial charge in [-0.25, -0.2) is 14.4 Å². The largest absolute Gasteiger partial charge is 0.477 e. The normalized spacial score (nSPS) is 11.3. The van der Waals surface area contributed by atoms with Crippen molar-refractivity contribution in [2.45, 2.75) is 58.3 Å². The van der Waals surface area contributed by atoms with Gasteiger partial charge in [0, 0.05) is 0 Å². The quantitative estimate of drug-likeness (QED) is 0.313. The molecule has 0 fully saturated rings. The molecule has 0 aliphatic heterocycles. The van der Waals surface area contributed by atoms with Gasteiger partial charge >= 0.3 is 17.9 Å². The number of carboxylic acids is 3. The van der Waals surface area contributed by atoms with Crippen LogP contribution in [-0.2, 0) is 14.4 Å². The molecule has 0 heterocycles. The highest BCUT2D eigenvalue weighted by atomic mass is 16.4. The predicted octanol–water partition coefficient (Wildman–Crippen LogP) is 2.20. The molecular formula is C16H30NO6+. The summed E-state index contributed by atoms with van der Waals surface area (Å²) in [7, 11) is 0. The predicted molar refractivity (Wildman–Crippen MR) is 85.2 cm³/mol. The van der Waals surface area contributed by atoms with Gasteiger partial charge in [-0.1, -0.05) is 45.4 Å². The van der Waals surface area contributed by atoms with Gasteiger partial charge in [0.15, 0.2) is 19.6 Å². The van der Waals surface area contributed by atoms with E-state index in [1.165, 1.54) is 25.7 Å². The molecule has 0 aliphatic carbocycles. The lowest BCUT2D eigenvalue weighted by Gasteiger charge is -2.34. The maximum absolute atomic E-state index is 11.0. The Hall–Kier alpha value is -1.63. The molecule has 0 radical (unpaired) electrons. The third-order valence-corrected chi connectivity index (χ3v) is 3.90. The zero-order valence-corrected chi connectivity index (χ0v) is 14.0. The van der Waals surface area contributed by atoms with E-state index >= 15 is 0 Å². The second kappa shape index (κ2) is 11.9. The Morgan fingerprint density at radius 2 is 1.00 bits per heavy atom. The summed E-state index contributed by atoms with van der Waals surface area (Å²) in [5.41, 5.74) is 0. The lowest BCUT2D eigenvalue weighted by atomic mass is 10.1. The van der Waals surface area contributed by atoms with E-state index in [-0.39, 0.29) is 6.54 Å². The zero-order valence-electron chi connectivity index (χ0n) is 14.0. The number of quaternary nitrogens is 1. The van der Waals surface area contributed by atoms with E-state index < -0.39 is 42.0 Å². The van der Waals surface area contributed by atoms with Crippen molar-refractivity contribution >= 4 is 17.9 Å². The molecule has 0 aliphatic rings. The van der Waals surface area contributed by atoms with Crippen molar-refractivity contribution in [2.75, 3.05) is 26.2 Å². The van der Waals surface area contributed by atoms with Crippen LogP contribution in [0.25, 0.3) is 0 Å². The monoisotopic (exact) mass is 332 g/mol. The molecule has 0 aromatic rings. The van der Waals surface area contributed by atoms with Gasteiger partial charge in [-0.2, -0.15) is 0 Å². The van der Waals surface area contributed by atoms with Crippen molar-refractivity contribution in [3.8, 4) is 0 Å². The molecular weight excluding hydrogens is 302 g/mol. The molecule has 0 amide bonds. The first-order chi connectivity index (χ1) is 10.8. The van der Waals surface area contributed by atoms with Crippen LogP contribution < -0.4 is 0 Å². The fourth-order valence-electron chi connectivity index (χ4n) is 2.85. The zero-order chi connectivity index (χ0) is 17.7. The second-order valence-electron chi connectivity index (χ2n) is 6.20. The molecule has 0 atom stereocenters. The lowest BCUT2D eigenvalue weighted by molar-refractivity contribution is -0.907. The summed E-state index contributed by atoms with van der Waals surface area (Å²) in [6.45, 7) is 0.990. The summed E-state index contributed by atoms with van der Waals surface area (Å²) in [4.78, 5) is 33.0. The Morgan fingerprint density at radius 1 is 0.652 bits per heavy atom. The average Bonchev–Trinajstić information content (AvgIpc) is 2.39. The summed E-state index contributed by atoms with van der Waals surface area (Å²) in [6.07, 6.45) is 8.44. The lowest BCUT2D eigenvalue weighted by Crippen LogP contribution is -2.57. The minimum Gasteiger partial charge on any atom is -0.477 e. The van der Waals surface area contributed by atoms with Crippen LogP contribution in [0, 0.1) is 0 Å². The van der Waals surface area contributed by atoms with E-state index in [1.54, 1.807) is 0 Å². The number of hydrogen-bond donors (Lipinski definition) is 3. The molecule has 7 nitrogen and oxygen atoms in total. The Morgan fingerprint density at radius 3 is 1.35 bits per heavy atom. The van der Waals surface area contributed by atoms with Crippen LogP contribution in [0.1, 0.15) is 58.3 Å². The van der Waals surface area contributed by atoms with Gasteiger partial charge in [0.05, 0.1) is 6.54 Å². The van der Waals surface area contributed by atoms with Crippen molar-refractivity contribution in [2.24, 2.45) is 0 Å². The third-order valence-electron chi connectivity index (χ3n) is 3.90. The van der Waals surface area contributed by atoms with Crippen LogP contribution in [0.5, 0.6) is 0 Å². The Labute approximate surface area is 137 Å². The molecule has 134 valence electrons. The highest BCUT2D eigenvalue weighted by molar-refractivity contribution is 5.73. The van der Waals surface area contributed by atoms with Crippen LogP contribution in [0.4, 0.5) is 0 Å². The highest BCUT2D eigenvalue weighted by Gasteiger charge is 2.35. The molecule has 7 heteroatoms. The average molecular weight is 332 g/mol. The van der Waals surface area contributed by atoms with Gasteiger partial charge in [-0.05, 0) is 12.8 Å². The number of aliphatic carboxylic acids is 3. The van der Waals surface area contributed by atoms with E-state index in [1.807, 2.05) is 0 Å². The molecule has 23 heavy (non-hydrogen) atoms. The number of hydrogen-bond acceptors (Lipinski definition) is 3. The number of nitrogens with zero attached hydrogens (tertiary/aromatic N) is 1. The molecule has 0 bridgehead atoms. The first kappa shape index (κ1) is 21.4. The summed E-state index contributed by atoms with van der Waals surface area (Å²) in [6, 6.07) is 0. The fourth-order valence-corrected chi connectivity index (χ4v) is 2.85. The topological polar surface area (TPSA) is 112 Å². The first-order valence-corrected chi connectivity index (χ1v) is 8.32. The van der Waals surface area contributed by atoms with E-state index in [4.69, 9.17) is 15.3 Å². The van der Waals surface area contributed by atoms with Crippen molar-refractivity contribution in [3.05, 3.63) is 0 Å². The second-order valence-corrected chi connectivity index (χ2v) is 6.20. The van der Waals surface area contributed by atoms with Crippen LogP contribution in [0.3, 0.4) is 0 Å².